The highest BCUT2D eigenvalue weighted by Gasteiger charge is 2.15. The van der Waals surface area contributed by atoms with Gasteiger partial charge in [0.05, 0.1) is 6.61 Å². The SMILES string of the molecule is CCOc1ccc(C)cc1-c1cc(C(=O)O)on1. The topological polar surface area (TPSA) is 72.6 Å². The number of benzene rings is 1. The van der Waals surface area contributed by atoms with Gasteiger partial charge in [0.2, 0.25) is 5.76 Å². The van der Waals surface area contributed by atoms with Crippen LogP contribution in [0.1, 0.15) is 23.0 Å². The molecular weight excluding hydrogens is 234 g/mol. The van der Waals surface area contributed by atoms with Gasteiger partial charge in [-0.3, -0.25) is 0 Å². The van der Waals surface area contributed by atoms with Crippen LogP contribution in [0, 0.1) is 6.92 Å². The van der Waals surface area contributed by atoms with E-state index in [1.165, 1.54) is 6.07 Å². The second-order valence-electron chi connectivity index (χ2n) is 3.81. The van der Waals surface area contributed by atoms with Gasteiger partial charge in [0, 0.05) is 11.6 Å². The average molecular weight is 247 g/mol. The van der Waals surface area contributed by atoms with Crippen molar-refractivity contribution in [2.45, 2.75) is 13.8 Å². The van der Waals surface area contributed by atoms with Crippen molar-refractivity contribution in [3.8, 4) is 17.0 Å². The Bertz CT molecular complexity index is 574. The molecule has 0 spiro atoms. The predicted octanol–water partition coefficient (Wildman–Crippen LogP) is 2.75. The van der Waals surface area contributed by atoms with Crippen LogP contribution in [0.5, 0.6) is 5.75 Å². The molecule has 0 bridgehead atoms. The van der Waals surface area contributed by atoms with Crippen LogP contribution in [0.2, 0.25) is 0 Å². The summed E-state index contributed by atoms with van der Waals surface area (Å²) in [5.41, 5.74) is 2.22. The maximum Gasteiger partial charge on any atom is 0.374 e. The van der Waals surface area contributed by atoms with E-state index < -0.39 is 5.97 Å². The van der Waals surface area contributed by atoms with E-state index in [0.717, 1.165) is 11.1 Å². The first-order valence-corrected chi connectivity index (χ1v) is 5.55. The van der Waals surface area contributed by atoms with Crippen molar-refractivity contribution in [3.63, 3.8) is 0 Å². The molecule has 1 aromatic heterocycles. The van der Waals surface area contributed by atoms with Gasteiger partial charge in [0.15, 0.2) is 0 Å². The minimum Gasteiger partial charge on any atom is -0.493 e. The molecule has 0 fully saturated rings. The van der Waals surface area contributed by atoms with Crippen molar-refractivity contribution in [1.29, 1.82) is 0 Å². The van der Waals surface area contributed by atoms with E-state index in [-0.39, 0.29) is 5.76 Å². The number of aromatic carboxylic acids is 1. The second-order valence-corrected chi connectivity index (χ2v) is 3.81. The summed E-state index contributed by atoms with van der Waals surface area (Å²) >= 11 is 0. The number of carboxylic acid groups (broad SMARTS) is 1. The van der Waals surface area contributed by atoms with Crippen LogP contribution >= 0.6 is 0 Å². The largest absolute Gasteiger partial charge is 0.493 e. The third kappa shape index (κ3) is 2.34. The molecule has 0 saturated carbocycles. The molecule has 2 rings (SSSR count). The highest BCUT2D eigenvalue weighted by atomic mass is 16.5. The highest BCUT2D eigenvalue weighted by Crippen LogP contribution is 2.30. The molecule has 18 heavy (non-hydrogen) atoms. The molecule has 0 aliphatic carbocycles. The molecule has 1 N–H and O–H groups in total. The highest BCUT2D eigenvalue weighted by molar-refractivity contribution is 5.86. The average Bonchev–Trinajstić information content (AvgIpc) is 2.81. The number of hydrogen-bond donors (Lipinski definition) is 1. The molecule has 0 unspecified atom stereocenters. The van der Waals surface area contributed by atoms with Gasteiger partial charge in [0.1, 0.15) is 11.4 Å². The number of nitrogens with zero attached hydrogens (tertiary/aromatic N) is 1. The standard InChI is InChI=1S/C13H13NO4/c1-3-17-11-5-4-8(2)6-9(11)10-7-12(13(15)16)18-14-10/h4-7H,3H2,1-2H3,(H,15,16). The fourth-order valence-electron chi connectivity index (χ4n) is 1.63. The third-order valence-corrected chi connectivity index (χ3v) is 2.43. The maximum absolute atomic E-state index is 10.8. The molecule has 0 aliphatic rings. The third-order valence-electron chi connectivity index (χ3n) is 2.43. The minimum atomic E-state index is -1.14. The lowest BCUT2D eigenvalue weighted by molar-refractivity contribution is 0.0652. The molecular formula is C13H13NO4. The Kier molecular flexibility index (Phi) is 3.32. The number of aromatic nitrogens is 1. The lowest BCUT2D eigenvalue weighted by Gasteiger charge is -2.08. The zero-order valence-corrected chi connectivity index (χ0v) is 10.1. The minimum absolute atomic E-state index is 0.186. The monoisotopic (exact) mass is 247 g/mol. The quantitative estimate of drug-likeness (QED) is 0.899. The summed E-state index contributed by atoms with van der Waals surface area (Å²) in [5.74, 6) is -0.665. The van der Waals surface area contributed by atoms with E-state index in [2.05, 4.69) is 5.16 Å². The van der Waals surface area contributed by atoms with Crippen molar-refractivity contribution in [1.82, 2.24) is 5.16 Å². The Balaban J connectivity index is 2.47. The van der Waals surface area contributed by atoms with Crippen LogP contribution in [0.3, 0.4) is 0 Å². The van der Waals surface area contributed by atoms with Gasteiger partial charge in [-0.25, -0.2) is 4.79 Å². The van der Waals surface area contributed by atoms with E-state index >= 15 is 0 Å². The second kappa shape index (κ2) is 4.91. The lowest BCUT2D eigenvalue weighted by Crippen LogP contribution is -1.95. The summed E-state index contributed by atoms with van der Waals surface area (Å²) in [6.07, 6.45) is 0. The van der Waals surface area contributed by atoms with E-state index in [0.29, 0.717) is 18.1 Å². The van der Waals surface area contributed by atoms with Gasteiger partial charge in [-0.15, -0.1) is 0 Å². The van der Waals surface area contributed by atoms with Crippen molar-refractivity contribution in [3.05, 3.63) is 35.6 Å². The Labute approximate surface area is 104 Å². The summed E-state index contributed by atoms with van der Waals surface area (Å²) in [7, 11) is 0. The van der Waals surface area contributed by atoms with E-state index in [1.54, 1.807) is 0 Å². The van der Waals surface area contributed by atoms with Crippen LogP contribution < -0.4 is 4.74 Å². The van der Waals surface area contributed by atoms with Gasteiger partial charge in [-0.1, -0.05) is 16.8 Å². The first-order chi connectivity index (χ1) is 8.61. The molecule has 1 aromatic carbocycles. The van der Waals surface area contributed by atoms with Crippen LogP contribution in [0.15, 0.2) is 28.8 Å². The van der Waals surface area contributed by atoms with Gasteiger partial charge in [0.25, 0.3) is 0 Å². The first-order valence-electron chi connectivity index (χ1n) is 5.55. The van der Waals surface area contributed by atoms with E-state index in [9.17, 15) is 4.79 Å². The smallest absolute Gasteiger partial charge is 0.374 e. The van der Waals surface area contributed by atoms with E-state index in [4.69, 9.17) is 14.4 Å². The van der Waals surface area contributed by atoms with Crippen LogP contribution in [0.25, 0.3) is 11.3 Å². The summed E-state index contributed by atoms with van der Waals surface area (Å²) < 4.78 is 10.2. The molecule has 0 atom stereocenters. The molecule has 94 valence electrons. The van der Waals surface area contributed by atoms with Crippen LogP contribution in [-0.2, 0) is 0 Å². The van der Waals surface area contributed by atoms with E-state index in [1.807, 2.05) is 32.0 Å². The summed E-state index contributed by atoms with van der Waals surface area (Å²) in [4.78, 5) is 10.8. The molecule has 5 nitrogen and oxygen atoms in total. The summed E-state index contributed by atoms with van der Waals surface area (Å²) in [6, 6.07) is 7.03. The fraction of sp³-hybridized carbons (Fsp3) is 0.231. The van der Waals surface area contributed by atoms with Gasteiger partial charge >= 0.3 is 5.97 Å². The molecule has 0 amide bonds. The number of carbonyl (C=O) groups is 1. The van der Waals surface area contributed by atoms with Crippen molar-refractivity contribution < 1.29 is 19.2 Å². The number of aryl methyl sites for hydroxylation is 1. The summed E-state index contributed by atoms with van der Waals surface area (Å²) in [6.45, 7) is 4.35. The number of carboxylic acids is 1. The Morgan fingerprint density at radius 3 is 2.83 bits per heavy atom. The van der Waals surface area contributed by atoms with Gasteiger partial charge < -0.3 is 14.4 Å². The zero-order chi connectivity index (χ0) is 13.1. The van der Waals surface area contributed by atoms with Gasteiger partial charge in [-0.05, 0) is 26.0 Å². The fourth-order valence-corrected chi connectivity index (χ4v) is 1.63. The normalized spacial score (nSPS) is 10.3. The van der Waals surface area contributed by atoms with Crippen molar-refractivity contribution in [2.24, 2.45) is 0 Å². The number of hydrogen-bond acceptors (Lipinski definition) is 4. The molecule has 0 aliphatic heterocycles. The molecule has 2 aromatic rings. The molecule has 1 heterocycles. The van der Waals surface area contributed by atoms with Crippen LogP contribution in [-0.4, -0.2) is 22.8 Å². The number of rotatable bonds is 4. The summed E-state index contributed by atoms with van der Waals surface area (Å²) in [5, 5.41) is 12.6. The lowest BCUT2D eigenvalue weighted by atomic mass is 10.1. The maximum atomic E-state index is 10.8. The molecule has 0 radical (unpaired) electrons. The Morgan fingerprint density at radius 1 is 1.44 bits per heavy atom. The zero-order valence-electron chi connectivity index (χ0n) is 10.1. The number of ether oxygens (including phenoxy) is 1. The van der Waals surface area contributed by atoms with Crippen LogP contribution in [0.4, 0.5) is 0 Å². The van der Waals surface area contributed by atoms with Crippen molar-refractivity contribution >= 4 is 5.97 Å². The predicted molar refractivity (Wildman–Crippen MR) is 64.8 cm³/mol. The Hall–Kier alpha value is -2.30. The molecule has 5 heteroatoms. The van der Waals surface area contributed by atoms with Gasteiger partial charge in [-0.2, -0.15) is 0 Å². The first kappa shape index (κ1) is 12.2. The van der Waals surface area contributed by atoms with Crippen molar-refractivity contribution in [2.75, 3.05) is 6.61 Å². The Morgan fingerprint density at radius 2 is 2.22 bits per heavy atom. The molecule has 0 saturated heterocycles.